The van der Waals surface area contributed by atoms with Gasteiger partial charge in [-0.3, -0.25) is 9.89 Å². The van der Waals surface area contributed by atoms with E-state index in [2.05, 4.69) is 62.1 Å². The average Bonchev–Trinajstić information content (AvgIpc) is 2.49. The Morgan fingerprint density at radius 2 is 1.75 bits per heavy atom. The van der Waals surface area contributed by atoms with Crippen LogP contribution >= 0.6 is 24.0 Å². The van der Waals surface area contributed by atoms with Gasteiger partial charge in [-0.05, 0) is 39.0 Å². The predicted molar refractivity (Wildman–Crippen MR) is 115 cm³/mol. The maximum absolute atomic E-state index is 5.45. The minimum atomic E-state index is 0. The number of aliphatic imine (C=N–C) groups is 1. The molecule has 1 saturated heterocycles. The van der Waals surface area contributed by atoms with Crippen LogP contribution in [0.3, 0.4) is 0 Å². The summed E-state index contributed by atoms with van der Waals surface area (Å²) in [6.45, 7) is 18.2. The number of nitrogens with zero attached hydrogens (tertiary/aromatic N) is 2. The summed E-state index contributed by atoms with van der Waals surface area (Å²) in [6, 6.07) is 0.423. The van der Waals surface area contributed by atoms with Crippen molar-refractivity contribution in [2.45, 2.75) is 66.0 Å². The third kappa shape index (κ3) is 9.42. The Morgan fingerprint density at radius 3 is 2.25 bits per heavy atom. The van der Waals surface area contributed by atoms with Gasteiger partial charge in [-0.2, -0.15) is 0 Å². The van der Waals surface area contributed by atoms with Gasteiger partial charge < -0.3 is 15.4 Å². The van der Waals surface area contributed by atoms with Crippen molar-refractivity contribution >= 4 is 29.9 Å². The molecule has 1 atom stereocenters. The zero-order valence-corrected chi connectivity index (χ0v) is 19.1. The van der Waals surface area contributed by atoms with E-state index in [9.17, 15) is 0 Å². The zero-order valence-electron chi connectivity index (χ0n) is 16.7. The van der Waals surface area contributed by atoms with Crippen LogP contribution in [0.25, 0.3) is 0 Å². The molecule has 5 nitrogen and oxygen atoms in total. The van der Waals surface area contributed by atoms with E-state index in [1.807, 2.05) is 7.05 Å². The molecule has 24 heavy (non-hydrogen) atoms. The smallest absolute Gasteiger partial charge is 0.191 e. The summed E-state index contributed by atoms with van der Waals surface area (Å²) in [5.74, 6) is 0.896. The van der Waals surface area contributed by atoms with Crippen molar-refractivity contribution in [1.82, 2.24) is 15.5 Å². The molecule has 1 heterocycles. The molecular weight excluding hydrogens is 415 g/mol. The summed E-state index contributed by atoms with van der Waals surface area (Å²) in [4.78, 5) is 6.86. The van der Waals surface area contributed by atoms with E-state index in [0.717, 1.165) is 45.2 Å². The number of guanidine groups is 1. The fraction of sp³-hybridized carbons (Fsp3) is 0.944. The van der Waals surface area contributed by atoms with Crippen LogP contribution in [0, 0.1) is 5.41 Å². The molecular formula is C18H39IN4O. The van der Waals surface area contributed by atoms with Gasteiger partial charge in [-0.15, -0.1) is 24.0 Å². The first-order chi connectivity index (χ1) is 10.6. The molecule has 0 radical (unpaired) electrons. The van der Waals surface area contributed by atoms with Crippen LogP contribution in [0.4, 0.5) is 0 Å². The van der Waals surface area contributed by atoms with Crippen molar-refractivity contribution < 1.29 is 4.74 Å². The Hall–Kier alpha value is -0.0800. The largest absolute Gasteiger partial charge is 0.379 e. The quantitative estimate of drug-likeness (QED) is 0.368. The minimum Gasteiger partial charge on any atom is -0.379 e. The highest BCUT2D eigenvalue weighted by Crippen LogP contribution is 2.21. The second-order valence-corrected chi connectivity index (χ2v) is 8.48. The summed E-state index contributed by atoms with van der Waals surface area (Å²) >= 11 is 0. The molecule has 0 bridgehead atoms. The van der Waals surface area contributed by atoms with Crippen LogP contribution in [0.5, 0.6) is 0 Å². The van der Waals surface area contributed by atoms with E-state index in [1.165, 1.54) is 6.42 Å². The molecule has 2 N–H and O–H groups in total. The Bertz CT molecular complexity index is 374. The molecule has 0 aliphatic carbocycles. The lowest BCUT2D eigenvalue weighted by Crippen LogP contribution is -2.57. The number of halogens is 1. The Kier molecular flexibility index (Phi) is 10.8. The fourth-order valence-corrected chi connectivity index (χ4v) is 2.73. The van der Waals surface area contributed by atoms with E-state index in [0.29, 0.717) is 11.5 Å². The Labute approximate surface area is 166 Å². The van der Waals surface area contributed by atoms with Gasteiger partial charge in [0.2, 0.25) is 0 Å². The molecule has 144 valence electrons. The average molecular weight is 454 g/mol. The zero-order chi connectivity index (χ0) is 17.5. The third-order valence-electron chi connectivity index (χ3n) is 4.49. The number of ether oxygens (including phenoxy) is 1. The van der Waals surface area contributed by atoms with E-state index >= 15 is 0 Å². The van der Waals surface area contributed by atoms with E-state index in [4.69, 9.17) is 4.74 Å². The van der Waals surface area contributed by atoms with Gasteiger partial charge in [0, 0.05) is 38.3 Å². The maximum atomic E-state index is 5.45. The third-order valence-corrected chi connectivity index (χ3v) is 4.49. The molecule has 1 aliphatic heterocycles. The molecule has 0 amide bonds. The summed E-state index contributed by atoms with van der Waals surface area (Å²) < 4.78 is 5.45. The SMILES string of the molecule is CN=C(NCC(C)(C)N1CCOCC1)NC(C)CCC(C)(C)C.I. The second-order valence-electron chi connectivity index (χ2n) is 8.48. The first-order valence-electron chi connectivity index (χ1n) is 8.94. The second kappa shape index (κ2) is 10.8. The summed E-state index contributed by atoms with van der Waals surface area (Å²) in [5.41, 5.74) is 0.473. The van der Waals surface area contributed by atoms with Crippen molar-refractivity contribution in [2.24, 2.45) is 10.4 Å². The highest BCUT2D eigenvalue weighted by Gasteiger charge is 2.28. The first-order valence-corrected chi connectivity index (χ1v) is 8.94. The standard InChI is InChI=1S/C18H38N4O.HI/c1-15(8-9-17(2,3)4)21-16(19-7)20-14-18(5,6)22-10-12-23-13-11-22;/h15H,8-14H2,1-7H3,(H2,19,20,21);1H. The van der Waals surface area contributed by atoms with Crippen molar-refractivity contribution in [3.63, 3.8) is 0 Å². The topological polar surface area (TPSA) is 48.9 Å². The number of rotatable bonds is 6. The number of hydrogen-bond acceptors (Lipinski definition) is 3. The first kappa shape index (κ1) is 23.9. The van der Waals surface area contributed by atoms with Crippen LogP contribution in [0.1, 0.15) is 54.4 Å². The van der Waals surface area contributed by atoms with Gasteiger partial charge >= 0.3 is 0 Å². The van der Waals surface area contributed by atoms with Crippen LogP contribution in [0.2, 0.25) is 0 Å². The van der Waals surface area contributed by atoms with Gasteiger partial charge in [0.25, 0.3) is 0 Å². The fourth-order valence-electron chi connectivity index (χ4n) is 2.73. The van der Waals surface area contributed by atoms with Crippen LogP contribution in [-0.4, -0.2) is 62.3 Å². The molecule has 0 spiro atoms. The van der Waals surface area contributed by atoms with Gasteiger partial charge in [-0.1, -0.05) is 20.8 Å². The summed E-state index contributed by atoms with van der Waals surface area (Å²) in [6.07, 6.45) is 2.36. The maximum Gasteiger partial charge on any atom is 0.191 e. The van der Waals surface area contributed by atoms with Crippen molar-refractivity contribution in [2.75, 3.05) is 39.9 Å². The van der Waals surface area contributed by atoms with Crippen molar-refractivity contribution in [3.05, 3.63) is 0 Å². The van der Waals surface area contributed by atoms with Gasteiger partial charge in [0.1, 0.15) is 0 Å². The van der Waals surface area contributed by atoms with Crippen LogP contribution in [-0.2, 0) is 4.74 Å². The number of nitrogens with one attached hydrogen (secondary N) is 2. The van der Waals surface area contributed by atoms with Crippen molar-refractivity contribution in [3.8, 4) is 0 Å². The molecule has 0 saturated carbocycles. The highest BCUT2D eigenvalue weighted by atomic mass is 127. The monoisotopic (exact) mass is 454 g/mol. The Morgan fingerprint density at radius 1 is 1.17 bits per heavy atom. The number of hydrogen-bond donors (Lipinski definition) is 2. The summed E-state index contributed by atoms with van der Waals surface area (Å²) in [5, 5.41) is 7.00. The lowest BCUT2D eigenvalue weighted by atomic mass is 9.89. The Balaban J connectivity index is 0.00000529. The summed E-state index contributed by atoms with van der Waals surface area (Å²) in [7, 11) is 1.84. The molecule has 1 unspecified atom stereocenters. The highest BCUT2D eigenvalue weighted by molar-refractivity contribution is 14.0. The molecule has 6 heteroatoms. The van der Waals surface area contributed by atoms with Crippen LogP contribution in [0.15, 0.2) is 4.99 Å². The van der Waals surface area contributed by atoms with E-state index in [1.54, 1.807) is 0 Å². The van der Waals surface area contributed by atoms with Gasteiger partial charge in [0.15, 0.2) is 5.96 Å². The van der Waals surface area contributed by atoms with Gasteiger partial charge in [-0.25, -0.2) is 0 Å². The van der Waals surface area contributed by atoms with Crippen LogP contribution < -0.4 is 10.6 Å². The molecule has 1 aliphatic rings. The molecule has 0 aromatic rings. The van der Waals surface area contributed by atoms with Gasteiger partial charge in [0.05, 0.1) is 13.2 Å². The lowest BCUT2D eigenvalue weighted by Gasteiger charge is -2.41. The van der Waals surface area contributed by atoms with E-state index in [-0.39, 0.29) is 29.5 Å². The number of morpholine rings is 1. The lowest BCUT2D eigenvalue weighted by molar-refractivity contribution is -0.00835. The normalized spacial score (nSPS) is 18.7. The minimum absolute atomic E-state index is 0. The molecule has 1 rings (SSSR count). The predicted octanol–water partition coefficient (Wildman–Crippen LogP) is 3.10. The molecule has 0 aromatic carbocycles. The molecule has 0 aromatic heterocycles. The van der Waals surface area contributed by atoms with Crippen molar-refractivity contribution in [1.29, 1.82) is 0 Å². The van der Waals surface area contributed by atoms with E-state index < -0.39 is 0 Å². The molecule has 1 fully saturated rings.